The Morgan fingerprint density at radius 3 is 2.65 bits per heavy atom. The van der Waals surface area contributed by atoms with Crippen LogP contribution in [-0.4, -0.2) is 64.1 Å². The zero-order valence-electron chi connectivity index (χ0n) is 23.3. The highest BCUT2D eigenvalue weighted by Gasteiger charge is 2.37. The summed E-state index contributed by atoms with van der Waals surface area (Å²) < 4.78 is 19.7. The van der Waals surface area contributed by atoms with Crippen LogP contribution in [0.2, 0.25) is 0 Å². The summed E-state index contributed by atoms with van der Waals surface area (Å²) in [7, 11) is 3.73. The smallest absolute Gasteiger partial charge is 0.315 e. The predicted molar refractivity (Wildman–Crippen MR) is 152 cm³/mol. The van der Waals surface area contributed by atoms with Crippen LogP contribution in [0.3, 0.4) is 0 Å². The molecular formula is C29H34N4O6S. The van der Waals surface area contributed by atoms with Gasteiger partial charge in [-0.2, -0.15) is 5.10 Å². The Morgan fingerprint density at radius 1 is 1.27 bits per heavy atom. The normalized spacial score (nSPS) is 15.9. The first-order chi connectivity index (χ1) is 19.1. The minimum Gasteiger partial charge on any atom is -0.496 e. The van der Waals surface area contributed by atoms with Gasteiger partial charge in [-0.05, 0) is 52.3 Å². The molecule has 5 rings (SSSR count). The number of benzene rings is 1. The Hall–Kier alpha value is -3.54. The zero-order valence-corrected chi connectivity index (χ0v) is 24.2. The summed E-state index contributed by atoms with van der Waals surface area (Å²) in [6.07, 6.45) is 4.38. The third-order valence-electron chi connectivity index (χ3n) is 7.63. The van der Waals surface area contributed by atoms with E-state index in [0.717, 1.165) is 31.5 Å². The van der Waals surface area contributed by atoms with E-state index in [9.17, 15) is 14.7 Å². The number of carboxylic acid groups (broad SMARTS) is 1. The van der Waals surface area contributed by atoms with E-state index >= 15 is 0 Å². The van der Waals surface area contributed by atoms with E-state index in [-0.39, 0.29) is 18.3 Å². The number of oxazole rings is 1. The number of methoxy groups -OCH3 is 1. The maximum atomic E-state index is 13.8. The van der Waals surface area contributed by atoms with Crippen molar-refractivity contribution in [2.24, 2.45) is 0 Å². The number of carboxylic acids is 1. The SMILES string of the molecule is COc1ccccc1C(Cn1nc(C(C)(C)C(=O)O)c(=O)c2c(C)c(-c3ncco3)sc21)OC1CCN(C)CC1. The molecule has 3 aromatic heterocycles. The lowest BCUT2D eigenvalue weighted by Crippen LogP contribution is -2.38. The van der Waals surface area contributed by atoms with E-state index in [4.69, 9.17) is 19.0 Å². The van der Waals surface area contributed by atoms with Crippen LogP contribution in [0.5, 0.6) is 5.75 Å². The number of fused-ring (bicyclic) bond motifs is 1. The molecule has 212 valence electrons. The molecule has 1 N–H and O–H groups in total. The number of likely N-dealkylation sites (tertiary alicyclic amines) is 1. The average molecular weight is 567 g/mol. The van der Waals surface area contributed by atoms with Crippen LogP contribution in [0.15, 0.2) is 45.9 Å². The van der Waals surface area contributed by atoms with Crippen LogP contribution in [0.4, 0.5) is 0 Å². The molecule has 0 amide bonds. The van der Waals surface area contributed by atoms with Crippen molar-refractivity contribution < 1.29 is 23.8 Å². The van der Waals surface area contributed by atoms with E-state index < -0.39 is 22.9 Å². The van der Waals surface area contributed by atoms with Crippen LogP contribution < -0.4 is 10.2 Å². The fraction of sp³-hybridized carbons (Fsp3) is 0.448. The number of thiophene rings is 1. The lowest BCUT2D eigenvalue weighted by Gasteiger charge is -2.32. The Kier molecular flexibility index (Phi) is 7.80. The van der Waals surface area contributed by atoms with Gasteiger partial charge in [-0.3, -0.25) is 14.3 Å². The number of aliphatic carboxylic acids is 1. The zero-order chi connectivity index (χ0) is 28.6. The van der Waals surface area contributed by atoms with E-state index in [2.05, 4.69) is 16.9 Å². The highest BCUT2D eigenvalue weighted by Crippen LogP contribution is 2.38. The van der Waals surface area contributed by atoms with E-state index in [0.29, 0.717) is 32.3 Å². The molecule has 0 bridgehead atoms. The van der Waals surface area contributed by atoms with Crippen molar-refractivity contribution in [3.05, 3.63) is 63.8 Å². The molecule has 1 fully saturated rings. The van der Waals surface area contributed by atoms with Crippen molar-refractivity contribution in [1.29, 1.82) is 0 Å². The van der Waals surface area contributed by atoms with E-state index in [1.165, 1.54) is 31.4 Å². The first kappa shape index (κ1) is 28.0. The molecule has 0 aliphatic carbocycles. The van der Waals surface area contributed by atoms with Gasteiger partial charge >= 0.3 is 5.97 Å². The number of hydrogen-bond donors (Lipinski definition) is 1. The minimum atomic E-state index is -1.51. The molecule has 4 aromatic rings. The number of aryl methyl sites for hydroxylation is 1. The number of aromatic nitrogens is 3. The first-order valence-corrected chi connectivity index (χ1v) is 14.1. The van der Waals surface area contributed by atoms with Crippen molar-refractivity contribution >= 4 is 27.5 Å². The van der Waals surface area contributed by atoms with Gasteiger partial charge in [0.2, 0.25) is 11.3 Å². The van der Waals surface area contributed by atoms with Gasteiger partial charge in [0, 0.05) is 18.7 Å². The van der Waals surface area contributed by atoms with E-state index in [1.54, 1.807) is 18.0 Å². The Morgan fingerprint density at radius 2 is 2.00 bits per heavy atom. The largest absolute Gasteiger partial charge is 0.496 e. The van der Waals surface area contributed by atoms with Gasteiger partial charge in [0.15, 0.2) is 0 Å². The fourth-order valence-corrected chi connectivity index (χ4v) is 6.31. The van der Waals surface area contributed by atoms with Crippen molar-refractivity contribution in [2.75, 3.05) is 27.2 Å². The monoisotopic (exact) mass is 566 g/mol. The van der Waals surface area contributed by atoms with Gasteiger partial charge in [0.25, 0.3) is 0 Å². The number of rotatable bonds is 9. The third-order valence-corrected chi connectivity index (χ3v) is 8.92. The fourth-order valence-electron chi connectivity index (χ4n) is 5.11. The molecule has 0 radical (unpaired) electrons. The Bertz CT molecular complexity index is 1570. The van der Waals surface area contributed by atoms with E-state index in [1.807, 2.05) is 31.2 Å². The molecule has 11 heteroatoms. The van der Waals surface area contributed by atoms with Crippen molar-refractivity contribution in [3.8, 4) is 16.5 Å². The number of carbonyl (C=O) groups is 1. The van der Waals surface area contributed by atoms with Crippen molar-refractivity contribution in [1.82, 2.24) is 19.7 Å². The average Bonchev–Trinajstić information content (AvgIpc) is 3.59. The summed E-state index contributed by atoms with van der Waals surface area (Å²) in [5.41, 5.74) is -0.422. The predicted octanol–water partition coefficient (Wildman–Crippen LogP) is 4.64. The molecule has 1 unspecified atom stereocenters. The molecule has 1 atom stereocenters. The molecule has 4 heterocycles. The number of piperidine rings is 1. The van der Waals surface area contributed by atoms with Gasteiger partial charge < -0.3 is 23.9 Å². The van der Waals surface area contributed by atoms with Crippen molar-refractivity contribution in [3.63, 3.8) is 0 Å². The second kappa shape index (κ2) is 11.1. The molecule has 0 saturated carbocycles. The summed E-state index contributed by atoms with van der Waals surface area (Å²) >= 11 is 1.35. The molecule has 0 spiro atoms. The molecule has 1 aliphatic rings. The number of para-hydroxylation sites is 1. The lowest BCUT2D eigenvalue weighted by molar-refractivity contribution is -0.142. The van der Waals surface area contributed by atoms with Gasteiger partial charge in [-0.15, -0.1) is 11.3 Å². The van der Waals surface area contributed by atoms with Gasteiger partial charge in [-0.25, -0.2) is 4.98 Å². The third kappa shape index (κ3) is 5.16. The van der Waals surface area contributed by atoms with Crippen LogP contribution in [0, 0.1) is 6.92 Å². The summed E-state index contributed by atoms with van der Waals surface area (Å²) in [5.74, 6) is -0.0492. The number of ether oxygens (including phenoxy) is 2. The minimum absolute atomic E-state index is 0.0314. The number of nitrogens with zero attached hydrogens (tertiary/aromatic N) is 4. The van der Waals surface area contributed by atoms with Crippen LogP contribution >= 0.6 is 11.3 Å². The highest BCUT2D eigenvalue weighted by atomic mass is 32.1. The summed E-state index contributed by atoms with van der Waals surface area (Å²) in [6, 6.07) is 7.71. The molecular weight excluding hydrogens is 532 g/mol. The highest BCUT2D eigenvalue weighted by molar-refractivity contribution is 7.22. The quantitative estimate of drug-likeness (QED) is 0.309. The van der Waals surface area contributed by atoms with Gasteiger partial charge in [0.1, 0.15) is 34.1 Å². The van der Waals surface area contributed by atoms with Crippen LogP contribution in [-0.2, 0) is 21.5 Å². The second-order valence-corrected chi connectivity index (χ2v) is 11.7. The molecule has 40 heavy (non-hydrogen) atoms. The molecule has 10 nitrogen and oxygen atoms in total. The second-order valence-electron chi connectivity index (χ2n) is 10.7. The first-order valence-electron chi connectivity index (χ1n) is 13.3. The summed E-state index contributed by atoms with van der Waals surface area (Å²) in [4.78, 5) is 33.9. The maximum Gasteiger partial charge on any atom is 0.315 e. The van der Waals surface area contributed by atoms with Crippen LogP contribution in [0.1, 0.15) is 49.6 Å². The Labute approximate surface area is 236 Å². The van der Waals surface area contributed by atoms with Gasteiger partial charge in [-0.1, -0.05) is 18.2 Å². The Balaban J connectivity index is 1.69. The summed E-state index contributed by atoms with van der Waals surface area (Å²) in [5, 5.41) is 15.1. The maximum absolute atomic E-state index is 13.8. The number of hydrogen-bond acceptors (Lipinski definition) is 9. The van der Waals surface area contributed by atoms with Crippen LogP contribution in [0.25, 0.3) is 21.0 Å². The standard InChI is InChI=1S/C29H34N4O6S/c1-17-22-23(34)25(29(2,3)28(35)36)31-33(27(22)40-24(17)26-30-12-15-38-26)16-21(19-8-6-7-9-20(19)37-5)39-18-10-13-32(4)14-11-18/h6-9,12,15,18,21H,10-11,13-14,16H2,1-5H3,(H,35,36). The lowest BCUT2D eigenvalue weighted by atomic mass is 9.88. The van der Waals surface area contributed by atoms with Crippen molar-refractivity contribution in [2.45, 2.75) is 57.8 Å². The van der Waals surface area contributed by atoms with Gasteiger partial charge in [0.05, 0.1) is 36.2 Å². The topological polar surface area (TPSA) is 120 Å². The molecule has 1 aromatic carbocycles. The molecule has 1 aliphatic heterocycles. The molecule has 1 saturated heterocycles. The summed E-state index contributed by atoms with van der Waals surface area (Å²) in [6.45, 7) is 6.94.